The van der Waals surface area contributed by atoms with Gasteiger partial charge in [-0.05, 0) is 62.5 Å². The predicted molar refractivity (Wildman–Crippen MR) is 86.0 cm³/mol. The van der Waals surface area contributed by atoms with Gasteiger partial charge in [-0.1, -0.05) is 0 Å². The SMILES string of the molecule is Cc1cc(N)c(NS(=O)(=O)c2cncc(Br)c2)c(Br)c1. The Labute approximate surface area is 133 Å². The maximum Gasteiger partial charge on any atom is 0.263 e. The number of sulfonamides is 1. The zero-order valence-electron chi connectivity index (χ0n) is 10.4. The average Bonchev–Trinajstić information content (AvgIpc) is 2.34. The molecule has 0 atom stereocenters. The number of aromatic nitrogens is 1. The molecule has 8 heteroatoms. The molecular weight excluding hydrogens is 410 g/mol. The Kier molecular flexibility index (Phi) is 4.36. The first-order chi connectivity index (χ1) is 9.29. The summed E-state index contributed by atoms with van der Waals surface area (Å²) >= 11 is 6.50. The van der Waals surface area contributed by atoms with Crippen LogP contribution in [-0.2, 0) is 10.0 Å². The highest BCUT2D eigenvalue weighted by Crippen LogP contribution is 2.32. The van der Waals surface area contributed by atoms with Gasteiger partial charge >= 0.3 is 0 Å². The molecule has 0 aliphatic rings. The van der Waals surface area contributed by atoms with E-state index in [1.165, 1.54) is 18.5 Å². The van der Waals surface area contributed by atoms with E-state index in [0.717, 1.165) is 5.56 Å². The van der Waals surface area contributed by atoms with E-state index in [1.807, 2.05) is 6.92 Å². The summed E-state index contributed by atoms with van der Waals surface area (Å²) in [5.74, 6) is 0. The average molecular weight is 421 g/mol. The molecule has 106 valence electrons. The Hall–Kier alpha value is -1.12. The topological polar surface area (TPSA) is 85.1 Å². The second-order valence-electron chi connectivity index (χ2n) is 4.16. The number of nitrogens with two attached hydrogens (primary N) is 1. The van der Waals surface area contributed by atoms with Crippen LogP contribution in [0.25, 0.3) is 0 Å². The molecule has 0 spiro atoms. The van der Waals surface area contributed by atoms with Crippen LogP contribution in [0, 0.1) is 6.92 Å². The Morgan fingerprint density at radius 1 is 1.20 bits per heavy atom. The maximum absolute atomic E-state index is 12.3. The molecule has 0 radical (unpaired) electrons. The number of pyridine rings is 1. The number of nitrogen functional groups attached to an aromatic ring is 1. The Morgan fingerprint density at radius 2 is 1.90 bits per heavy atom. The molecule has 0 bridgehead atoms. The molecule has 0 saturated heterocycles. The van der Waals surface area contributed by atoms with Crippen LogP contribution in [0.1, 0.15) is 5.56 Å². The fraction of sp³-hybridized carbons (Fsp3) is 0.0833. The van der Waals surface area contributed by atoms with Crippen LogP contribution in [0.2, 0.25) is 0 Å². The lowest BCUT2D eigenvalue weighted by atomic mass is 10.2. The van der Waals surface area contributed by atoms with Gasteiger partial charge in [-0.2, -0.15) is 0 Å². The minimum absolute atomic E-state index is 0.0544. The van der Waals surface area contributed by atoms with Gasteiger partial charge in [-0.15, -0.1) is 0 Å². The van der Waals surface area contributed by atoms with Crippen LogP contribution in [0.3, 0.4) is 0 Å². The molecule has 0 unspecified atom stereocenters. The molecule has 2 aromatic rings. The highest BCUT2D eigenvalue weighted by atomic mass is 79.9. The van der Waals surface area contributed by atoms with Crippen molar-refractivity contribution in [3.8, 4) is 0 Å². The van der Waals surface area contributed by atoms with E-state index in [1.54, 1.807) is 12.1 Å². The number of hydrogen-bond donors (Lipinski definition) is 2. The minimum atomic E-state index is -3.75. The standard InChI is InChI=1S/C12H11Br2N3O2S/c1-7-2-10(14)12(11(15)3-7)17-20(18,19)9-4-8(13)5-16-6-9/h2-6,17H,15H2,1H3. The van der Waals surface area contributed by atoms with Gasteiger partial charge in [0, 0.05) is 21.3 Å². The van der Waals surface area contributed by atoms with E-state index in [-0.39, 0.29) is 4.90 Å². The number of aryl methyl sites for hydroxylation is 1. The van der Waals surface area contributed by atoms with E-state index in [0.29, 0.717) is 20.3 Å². The third kappa shape index (κ3) is 3.31. The first kappa shape index (κ1) is 15.3. The van der Waals surface area contributed by atoms with Crippen LogP contribution >= 0.6 is 31.9 Å². The van der Waals surface area contributed by atoms with Crippen LogP contribution in [0.4, 0.5) is 11.4 Å². The molecule has 3 N–H and O–H groups in total. The van der Waals surface area contributed by atoms with Crippen LogP contribution in [0.15, 0.2) is 44.4 Å². The smallest absolute Gasteiger partial charge is 0.263 e. The molecule has 5 nitrogen and oxygen atoms in total. The molecule has 1 aromatic heterocycles. The van der Waals surface area contributed by atoms with Gasteiger partial charge in [0.15, 0.2) is 0 Å². The summed E-state index contributed by atoms with van der Waals surface area (Å²) in [5, 5.41) is 0. The van der Waals surface area contributed by atoms with Crippen molar-refractivity contribution < 1.29 is 8.42 Å². The van der Waals surface area contributed by atoms with Crippen LogP contribution in [0.5, 0.6) is 0 Å². The van der Waals surface area contributed by atoms with Gasteiger partial charge < -0.3 is 5.73 Å². The highest BCUT2D eigenvalue weighted by Gasteiger charge is 2.18. The van der Waals surface area contributed by atoms with Gasteiger partial charge in [0.2, 0.25) is 0 Å². The normalized spacial score (nSPS) is 11.3. The quantitative estimate of drug-likeness (QED) is 0.746. The minimum Gasteiger partial charge on any atom is -0.397 e. The maximum atomic E-state index is 12.3. The van der Waals surface area contributed by atoms with Crippen molar-refractivity contribution in [3.63, 3.8) is 0 Å². The lowest BCUT2D eigenvalue weighted by molar-refractivity contribution is 0.600. The summed E-state index contributed by atoms with van der Waals surface area (Å²) in [7, 11) is -3.75. The fourth-order valence-electron chi connectivity index (χ4n) is 1.61. The first-order valence-electron chi connectivity index (χ1n) is 5.48. The third-order valence-corrected chi connectivity index (χ3v) is 4.87. The molecule has 0 aliphatic carbocycles. The van der Waals surface area contributed by atoms with Gasteiger partial charge in [-0.3, -0.25) is 9.71 Å². The van der Waals surface area contributed by atoms with Crippen molar-refractivity contribution in [1.29, 1.82) is 0 Å². The summed E-state index contributed by atoms with van der Waals surface area (Å²) in [6, 6.07) is 4.95. The van der Waals surface area contributed by atoms with E-state index in [2.05, 4.69) is 41.6 Å². The molecular formula is C12H11Br2N3O2S. The fourth-order valence-corrected chi connectivity index (χ4v) is 4.04. The highest BCUT2D eigenvalue weighted by molar-refractivity contribution is 9.10. The Bertz CT molecular complexity index is 740. The number of benzene rings is 1. The molecule has 0 saturated carbocycles. The van der Waals surface area contributed by atoms with E-state index in [4.69, 9.17) is 5.73 Å². The Morgan fingerprint density at radius 3 is 2.50 bits per heavy atom. The monoisotopic (exact) mass is 419 g/mol. The molecule has 1 aromatic carbocycles. The number of hydrogen-bond acceptors (Lipinski definition) is 4. The summed E-state index contributed by atoms with van der Waals surface area (Å²) < 4.78 is 28.2. The molecule has 1 heterocycles. The number of nitrogens with zero attached hydrogens (tertiary/aromatic N) is 1. The Balaban J connectivity index is 2.44. The van der Waals surface area contributed by atoms with Crippen molar-refractivity contribution >= 4 is 53.3 Å². The lowest BCUT2D eigenvalue weighted by Gasteiger charge is -2.13. The summed E-state index contributed by atoms with van der Waals surface area (Å²) in [4.78, 5) is 3.90. The van der Waals surface area contributed by atoms with E-state index < -0.39 is 10.0 Å². The van der Waals surface area contributed by atoms with E-state index in [9.17, 15) is 8.42 Å². The van der Waals surface area contributed by atoms with Gasteiger partial charge in [0.25, 0.3) is 10.0 Å². The largest absolute Gasteiger partial charge is 0.397 e. The second-order valence-corrected chi connectivity index (χ2v) is 7.61. The summed E-state index contributed by atoms with van der Waals surface area (Å²) in [5.41, 5.74) is 7.45. The van der Waals surface area contributed by atoms with Crippen molar-refractivity contribution in [2.24, 2.45) is 0 Å². The van der Waals surface area contributed by atoms with Gasteiger partial charge in [-0.25, -0.2) is 8.42 Å². The summed E-state index contributed by atoms with van der Waals surface area (Å²) in [6.45, 7) is 1.87. The zero-order valence-corrected chi connectivity index (χ0v) is 14.4. The number of halogens is 2. The predicted octanol–water partition coefficient (Wildman–Crippen LogP) is 3.30. The van der Waals surface area contributed by atoms with E-state index >= 15 is 0 Å². The molecule has 20 heavy (non-hydrogen) atoms. The lowest BCUT2D eigenvalue weighted by Crippen LogP contribution is -2.15. The van der Waals surface area contributed by atoms with Crippen LogP contribution in [-0.4, -0.2) is 13.4 Å². The first-order valence-corrected chi connectivity index (χ1v) is 8.55. The zero-order chi connectivity index (χ0) is 14.9. The molecule has 0 aliphatic heterocycles. The van der Waals surface area contributed by atoms with Crippen molar-refractivity contribution in [2.75, 3.05) is 10.5 Å². The molecule has 2 rings (SSSR count). The van der Waals surface area contributed by atoms with Crippen molar-refractivity contribution in [3.05, 3.63) is 45.1 Å². The van der Waals surface area contributed by atoms with Gasteiger partial charge in [0.05, 0.1) is 11.4 Å². The number of nitrogens with one attached hydrogen (secondary N) is 1. The van der Waals surface area contributed by atoms with Crippen molar-refractivity contribution in [2.45, 2.75) is 11.8 Å². The number of anilines is 2. The third-order valence-electron chi connectivity index (χ3n) is 2.49. The van der Waals surface area contributed by atoms with Gasteiger partial charge in [0.1, 0.15) is 4.90 Å². The molecule has 0 amide bonds. The van der Waals surface area contributed by atoms with Crippen LogP contribution < -0.4 is 10.5 Å². The molecule has 0 fully saturated rings. The van der Waals surface area contributed by atoms with Crippen molar-refractivity contribution in [1.82, 2.24) is 4.98 Å². The number of rotatable bonds is 3. The second kappa shape index (κ2) is 5.71. The summed E-state index contributed by atoms with van der Waals surface area (Å²) in [6.07, 6.45) is 2.78.